The third kappa shape index (κ3) is 3.86. The van der Waals surface area contributed by atoms with Gasteiger partial charge in [-0.3, -0.25) is 4.79 Å². The van der Waals surface area contributed by atoms with Gasteiger partial charge in [0, 0.05) is 18.3 Å². The van der Waals surface area contributed by atoms with E-state index in [4.69, 9.17) is 9.47 Å². The van der Waals surface area contributed by atoms with Crippen molar-refractivity contribution >= 4 is 5.97 Å². The Morgan fingerprint density at radius 2 is 2.38 bits per heavy atom. The van der Waals surface area contributed by atoms with Crippen LogP contribution in [0.5, 0.6) is 5.88 Å². The van der Waals surface area contributed by atoms with Crippen LogP contribution >= 0.6 is 0 Å². The number of nitrogens with zero attached hydrogens (tertiary/aromatic N) is 1. The Balaban J connectivity index is 2.39. The van der Waals surface area contributed by atoms with E-state index in [1.54, 1.807) is 20.2 Å². The van der Waals surface area contributed by atoms with Crippen molar-refractivity contribution in [1.29, 1.82) is 0 Å². The molecule has 0 aliphatic carbocycles. The van der Waals surface area contributed by atoms with Gasteiger partial charge in [-0.15, -0.1) is 0 Å². The van der Waals surface area contributed by atoms with Crippen molar-refractivity contribution < 1.29 is 14.3 Å². The lowest BCUT2D eigenvalue weighted by Gasteiger charge is -2.07. The molecule has 1 heterocycles. The third-order valence-electron chi connectivity index (χ3n) is 1.93. The quantitative estimate of drug-likeness (QED) is 0.722. The van der Waals surface area contributed by atoms with Gasteiger partial charge in [-0.25, -0.2) is 4.98 Å². The molecule has 0 aromatic carbocycles. The summed E-state index contributed by atoms with van der Waals surface area (Å²) in [6.45, 7) is 2.89. The Kier molecular flexibility index (Phi) is 5.28. The van der Waals surface area contributed by atoms with Crippen molar-refractivity contribution in [3.63, 3.8) is 0 Å². The number of pyridine rings is 1. The molecule has 1 aromatic heterocycles. The molecular weight excluding hydrogens is 208 g/mol. The zero-order chi connectivity index (χ0) is 11.8. The van der Waals surface area contributed by atoms with Crippen LogP contribution in [0.25, 0.3) is 0 Å². The Hall–Kier alpha value is -1.62. The van der Waals surface area contributed by atoms with Crippen molar-refractivity contribution in [1.82, 2.24) is 10.3 Å². The van der Waals surface area contributed by atoms with E-state index in [1.165, 1.54) is 0 Å². The van der Waals surface area contributed by atoms with Crippen molar-refractivity contribution in [3.05, 3.63) is 23.9 Å². The number of aromatic nitrogens is 1. The van der Waals surface area contributed by atoms with Gasteiger partial charge in [-0.1, -0.05) is 6.07 Å². The summed E-state index contributed by atoms with van der Waals surface area (Å²) in [6, 6.07) is 3.72. The summed E-state index contributed by atoms with van der Waals surface area (Å²) in [6.07, 6.45) is 1.66. The second kappa shape index (κ2) is 6.79. The van der Waals surface area contributed by atoms with E-state index in [0.29, 0.717) is 19.0 Å². The molecule has 0 saturated carbocycles. The second-order valence-corrected chi connectivity index (χ2v) is 3.08. The maximum absolute atomic E-state index is 11.1. The number of hydrogen-bond acceptors (Lipinski definition) is 5. The Morgan fingerprint density at radius 1 is 1.56 bits per heavy atom. The van der Waals surface area contributed by atoms with Gasteiger partial charge in [0.1, 0.15) is 0 Å². The van der Waals surface area contributed by atoms with E-state index < -0.39 is 0 Å². The van der Waals surface area contributed by atoms with Crippen LogP contribution in [0.3, 0.4) is 0 Å². The van der Waals surface area contributed by atoms with Gasteiger partial charge >= 0.3 is 5.97 Å². The number of carbonyl (C=O) groups is 1. The molecular formula is C11H16N2O3. The second-order valence-electron chi connectivity index (χ2n) is 3.08. The molecule has 16 heavy (non-hydrogen) atoms. The third-order valence-corrected chi connectivity index (χ3v) is 1.93. The summed E-state index contributed by atoms with van der Waals surface area (Å²) in [4.78, 5) is 15.1. The zero-order valence-electron chi connectivity index (χ0n) is 9.53. The minimum atomic E-state index is -0.259. The number of esters is 1. The monoisotopic (exact) mass is 224 g/mol. The molecule has 1 rings (SSSR count). The Morgan fingerprint density at radius 3 is 3.06 bits per heavy atom. The summed E-state index contributed by atoms with van der Waals surface area (Å²) >= 11 is 0. The van der Waals surface area contributed by atoms with Crippen LogP contribution in [0.2, 0.25) is 0 Å². The lowest BCUT2D eigenvalue weighted by atomic mass is 10.2. The van der Waals surface area contributed by atoms with Crippen molar-refractivity contribution in [3.8, 4) is 5.88 Å². The van der Waals surface area contributed by atoms with Gasteiger partial charge in [0.25, 0.3) is 0 Å². The van der Waals surface area contributed by atoms with E-state index in [-0.39, 0.29) is 12.5 Å². The van der Waals surface area contributed by atoms with E-state index in [9.17, 15) is 4.79 Å². The first-order valence-corrected chi connectivity index (χ1v) is 5.12. The number of carbonyl (C=O) groups excluding carboxylic acids is 1. The van der Waals surface area contributed by atoms with Crippen LogP contribution < -0.4 is 10.1 Å². The maximum Gasteiger partial charge on any atom is 0.319 e. The fourth-order valence-electron chi connectivity index (χ4n) is 1.25. The van der Waals surface area contributed by atoms with Gasteiger partial charge in [0.15, 0.2) is 0 Å². The summed E-state index contributed by atoms with van der Waals surface area (Å²) < 4.78 is 9.87. The van der Waals surface area contributed by atoms with Crippen LogP contribution in [-0.4, -0.2) is 31.2 Å². The number of methoxy groups -OCH3 is 1. The predicted molar refractivity (Wildman–Crippen MR) is 59.1 cm³/mol. The average molecular weight is 224 g/mol. The average Bonchev–Trinajstić information content (AvgIpc) is 2.30. The summed E-state index contributed by atoms with van der Waals surface area (Å²) in [5, 5.41) is 2.97. The molecule has 1 N–H and O–H groups in total. The van der Waals surface area contributed by atoms with E-state index >= 15 is 0 Å². The number of hydrogen-bond donors (Lipinski definition) is 1. The predicted octanol–water partition coefficient (Wildman–Crippen LogP) is 0.743. The Labute approximate surface area is 94.8 Å². The molecule has 0 amide bonds. The van der Waals surface area contributed by atoms with Crippen LogP contribution in [0.4, 0.5) is 0 Å². The Bertz CT molecular complexity index is 342. The van der Waals surface area contributed by atoms with Gasteiger partial charge in [-0.2, -0.15) is 0 Å². The normalized spacial score (nSPS) is 9.88. The van der Waals surface area contributed by atoms with Crippen LogP contribution in [0, 0.1) is 0 Å². The van der Waals surface area contributed by atoms with Crippen LogP contribution in [0.15, 0.2) is 18.3 Å². The van der Waals surface area contributed by atoms with Crippen molar-refractivity contribution in [2.45, 2.75) is 13.5 Å². The summed E-state index contributed by atoms with van der Waals surface area (Å²) in [7, 11) is 1.57. The summed E-state index contributed by atoms with van der Waals surface area (Å²) in [5.74, 6) is 0.309. The highest BCUT2D eigenvalue weighted by molar-refractivity contribution is 5.71. The van der Waals surface area contributed by atoms with Crippen molar-refractivity contribution in [2.24, 2.45) is 0 Å². The minimum Gasteiger partial charge on any atom is -0.481 e. The van der Waals surface area contributed by atoms with E-state index in [0.717, 1.165) is 5.56 Å². The molecule has 0 unspecified atom stereocenters. The first-order valence-electron chi connectivity index (χ1n) is 5.12. The molecule has 0 saturated heterocycles. The van der Waals surface area contributed by atoms with E-state index in [1.807, 2.05) is 12.1 Å². The highest BCUT2D eigenvalue weighted by Crippen LogP contribution is 2.12. The summed E-state index contributed by atoms with van der Waals surface area (Å²) in [5.41, 5.74) is 0.911. The molecule has 0 bridgehead atoms. The molecule has 88 valence electrons. The molecule has 1 aromatic rings. The van der Waals surface area contributed by atoms with Gasteiger partial charge in [0.05, 0.1) is 20.3 Å². The molecule has 5 heteroatoms. The van der Waals surface area contributed by atoms with Gasteiger partial charge in [0.2, 0.25) is 5.88 Å². The molecule has 0 spiro atoms. The SMILES string of the molecule is CCOC(=O)CNCc1cccnc1OC. The fourth-order valence-corrected chi connectivity index (χ4v) is 1.25. The number of nitrogens with one attached hydrogen (secondary N) is 1. The van der Waals surface area contributed by atoms with Gasteiger partial charge in [-0.05, 0) is 13.0 Å². The van der Waals surface area contributed by atoms with Crippen molar-refractivity contribution in [2.75, 3.05) is 20.3 Å². The maximum atomic E-state index is 11.1. The van der Waals surface area contributed by atoms with Crippen LogP contribution in [0.1, 0.15) is 12.5 Å². The first-order chi connectivity index (χ1) is 7.77. The molecule has 0 fully saturated rings. The van der Waals surface area contributed by atoms with E-state index in [2.05, 4.69) is 10.3 Å². The molecule has 5 nitrogen and oxygen atoms in total. The lowest BCUT2D eigenvalue weighted by molar-refractivity contribution is -0.142. The molecule has 0 atom stereocenters. The highest BCUT2D eigenvalue weighted by Gasteiger charge is 2.04. The molecule has 0 radical (unpaired) electrons. The highest BCUT2D eigenvalue weighted by atomic mass is 16.5. The standard InChI is InChI=1S/C11H16N2O3/c1-3-16-10(14)8-12-7-9-5-4-6-13-11(9)15-2/h4-6,12H,3,7-8H2,1-2H3. The molecule has 0 aliphatic heterocycles. The smallest absolute Gasteiger partial charge is 0.319 e. The number of ether oxygens (including phenoxy) is 2. The topological polar surface area (TPSA) is 60.5 Å². The lowest BCUT2D eigenvalue weighted by Crippen LogP contribution is -2.24. The zero-order valence-corrected chi connectivity index (χ0v) is 9.53. The first kappa shape index (κ1) is 12.4. The fraction of sp³-hybridized carbons (Fsp3) is 0.455. The van der Waals surface area contributed by atoms with Gasteiger partial charge < -0.3 is 14.8 Å². The molecule has 0 aliphatic rings. The van der Waals surface area contributed by atoms with Crippen LogP contribution in [-0.2, 0) is 16.1 Å². The number of rotatable bonds is 6. The largest absolute Gasteiger partial charge is 0.481 e. The minimum absolute atomic E-state index is 0.186.